The molecule has 5 nitrogen and oxygen atoms in total. The first-order valence-corrected chi connectivity index (χ1v) is 6.54. The summed E-state index contributed by atoms with van der Waals surface area (Å²) in [6.07, 6.45) is 1.94. The van der Waals surface area contributed by atoms with Gasteiger partial charge in [0.05, 0.1) is 11.9 Å². The molecule has 0 spiro atoms. The number of likely N-dealkylation sites (N-methyl/N-ethyl adjacent to an activating group) is 1. The molecule has 17 heavy (non-hydrogen) atoms. The number of aromatic nitrogens is 3. The molecular formula is C11H20ClN5. The van der Waals surface area contributed by atoms with E-state index in [1.54, 1.807) is 0 Å². The van der Waals surface area contributed by atoms with Gasteiger partial charge in [-0.1, -0.05) is 5.21 Å². The van der Waals surface area contributed by atoms with Crippen molar-refractivity contribution in [3.63, 3.8) is 0 Å². The zero-order valence-corrected chi connectivity index (χ0v) is 11.3. The minimum Gasteiger partial charge on any atom is -0.304 e. The number of hydrogen-bond donors (Lipinski definition) is 0. The van der Waals surface area contributed by atoms with Gasteiger partial charge in [-0.25, -0.2) is 0 Å². The maximum atomic E-state index is 5.95. The van der Waals surface area contributed by atoms with Crippen LogP contribution >= 0.6 is 11.6 Å². The summed E-state index contributed by atoms with van der Waals surface area (Å²) in [5, 5.41) is 8.07. The molecule has 0 aromatic carbocycles. The standard InChI is InChI=1S/C11H20ClN5/c1-10(12)11-9-17(14-13-11)8-7-16-5-3-15(2)4-6-16/h9-10H,3-8H2,1-2H3. The molecule has 0 N–H and O–H groups in total. The predicted octanol–water partition coefficient (Wildman–Crippen LogP) is 0.825. The van der Waals surface area contributed by atoms with Gasteiger partial charge >= 0.3 is 0 Å². The second-order valence-electron chi connectivity index (χ2n) is 4.67. The first-order valence-electron chi connectivity index (χ1n) is 6.10. The second kappa shape index (κ2) is 5.80. The van der Waals surface area contributed by atoms with Gasteiger partial charge in [0.1, 0.15) is 5.69 Å². The van der Waals surface area contributed by atoms with Crippen LogP contribution in [0, 0.1) is 0 Å². The SMILES string of the molecule is CC(Cl)c1cn(CCN2CCN(C)CC2)nn1. The lowest BCUT2D eigenvalue weighted by Gasteiger charge is -2.32. The largest absolute Gasteiger partial charge is 0.304 e. The van der Waals surface area contributed by atoms with Crippen LogP contribution in [0.5, 0.6) is 0 Å². The molecule has 0 aliphatic carbocycles. The van der Waals surface area contributed by atoms with Crippen LogP contribution in [-0.2, 0) is 6.54 Å². The number of halogens is 1. The van der Waals surface area contributed by atoms with Crippen LogP contribution in [0.25, 0.3) is 0 Å². The molecule has 1 fully saturated rings. The van der Waals surface area contributed by atoms with Gasteiger partial charge in [-0.05, 0) is 14.0 Å². The lowest BCUT2D eigenvalue weighted by atomic mass is 10.3. The Labute approximate surface area is 107 Å². The molecule has 1 aliphatic rings. The van der Waals surface area contributed by atoms with Crippen LogP contribution in [-0.4, -0.2) is 64.6 Å². The molecule has 1 unspecified atom stereocenters. The van der Waals surface area contributed by atoms with Gasteiger partial charge in [-0.15, -0.1) is 16.7 Å². The Morgan fingerprint density at radius 2 is 2.00 bits per heavy atom. The van der Waals surface area contributed by atoms with Crippen molar-refractivity contribution >= 4 is 11.6 Å². The van der Waals surface area contributed by atoms with Crippen molar-refractivity contribution in [1.82, 2.24) is 24.8 Å². The Balaban J connectivity index is 1.77. The van der Waals surface area contributed by atoms with E-state index in [9.17, 15) is 0 Å². The predicted molar refractivity (Wildman–Crippen MR) is 68.2 cm³/mol. The van der Waals surface area contributed by atoms with Gasteiger partial charge in [0.25, 0.3) is 0 Å². The van der Waals surface area contributed by atoms with Crippen LogP contribution in [0.3, 0.4) is 0 Å². The van der Waals surface area contributed by atoms with E-state index < -0.39 is 0 Å². The van der Waals surface area contributed by atoms with Gasteiger partial charge in [-0.2, -0.15) is 0 Å². The van der Waals surface area contributed by atoms with Gasteiger partial charge in [-0.3, -0.25) is 9.58 Å². The molecule has 1 aliphatic heterocycles. The van der Waals surface area contributed by atoms with Gasteiger partial charge in [0.2, 0.25) is 0 Å². The monoisotopic (exact) mass is 257 g/mol. The van der Waals surface area contributed by atoms with Gasteiger partial charge in [0, 0.05) is 38.9 Å². The Bertz CT molecular complexity index is 343. The average molecular weight is 258 g/mol. The van der Waals surface area contributed by atoms with Crippen LogP contribution in [0.4, 0.5) is 0 Å². The summed E-state index contributed by atoms with van der Waals surface area (Å²) in [7, 11) is 2.17. The highest BCUT2D eigenvalue weighted by Gasteiger charge is 2.13. The Hall–Kier alpha value is -0.650. The third-order valence-electron chi connectivity index (χ3n) is 3.21. The minimum atomic E-state index is -0.0626. The molecule has 2 rings (SSSR count). The van der Waals surface area contributed by atoms with E-state index in [1.165, 1.54) is 0 Å². The van der Waals surface area contributed by atoms with E-state index in [-0.39, 0.29) is 5.38 Å². The maximum absolute atomic E-state index is 5.95. The molecule has 6 heteroatoms. The van der Waals surface area contributed by atoms with Crippen molar-refractivity contribution in [2.24, 2.45) is 0 Å². The average Bonchev–Trinajstić information content (AvgIpc) is 2.77. The number of rotatable bonds is 4. The molecule has 2 heterocycles. The Kier molecular flexibility index (Phi) is 4.36. The first-order chi connectivity index (χ1) is 8.15. The third kappa shape index (κ3) is 3.66. The molecule has 0 bridgehead atoms. The summed E-state index contributed by atoms with van der Waals surface area (Å²) >= 11 is 5.95. The molecule has 0 saturated carbocycles. The fourth-order valence-corrected chi connectivity index (χ4v) is 2.02. The van der Waals surface area contributed by atoms with E-state index in [2.05, 4.69) is 27.2 Å². The lowest BCUT2D eigenvalue weighted by molar-refractivity contribution is 0.148. The summed E-state index contributed by atoms with van der Waals surface area (Å²) in [6, 6.07) is 0. The van der Waals surface area contributed by atoms with Crippen molar-refractivity contribution in [2.75, 3.05) is 39.8 Å². The zero-order valence-electron chi connectivity index (χ0n) is 10.5. The number of alkyl halides is 1. The maximum Gasteiger partial charge on any atom is 0.100 e. The summed E-state index contributed by atoms with van der Waals surface area (Å²) in [4.78, 5) is 4.82. The van der Waals surface area contributed by atoms with Crippen molar-refractivity contribution in [1.29, 1.82) is 0 Å². The van der Waals surface area contributed by atoms with Crippen molar-refractivity contribution in [3.8, 4) is 0 Å². The summed E-state index contributed by atoms with van der Waals surface area (Å²) in [5.74, 6) is 0. The van der Waals surface area contributed by atoms with Crippen LogP contribution in [0.1, 0.15) is 18.0 Å². The quantitative estimate of drug-likeness (QED) is 0.749. The zero-order chi connectivity index (χ0) is 12.3. The van der Waals surface area contributed by atoms with Crippen LogP contribution in [0.15, 0.2) is 6.20 Å². The molecule has 1 atom stereocenters. The lowest BCUT2D eigenvalue weighted by Crippen LogP contribution is -2.45. The number of hydrogen-bond acceptors (Lipinski definition) is 4. The van der Waals surface area contributed by atoms with Crippen molar-refractivity contribution in [2.45, 2.75) is 18.8 Å². The molecule has 0 radical (unpaired) electrons. The van der Waals surface area contributed by atoms with E-state index in [1.807, 2.05) is 17.8 Å². The van der Waals surface area contributed by atoms with E-state index in [4.69, 9.17) is 11.6 Å². The molecule has 96 valence electrons. The van der Waals surface area contributed by atoms with Crippen molar-refractivity contribution in [3.05, 3.63) is 11.9 Å². The summed E-state index contributed by atoms with van der Waals surface area (Å²) in [5.41, 5.74) is 0.852. The fraction of sp³-hybridized carbons (Fsp3) is 0.818. The highest BCUT2D eigenvalue weighted by Crippen LogP contribution is 2.15. The number of nitrogens with zero attached hydrogens (tertiary/aromatic N) is 5. The van der Waals surface area contributed by atoms with Crippen LogP contribution < -0.4 is 0 Å². The van der Waals surface area contributed by atoms with Crippen molar-refractivity contribution < 1.29 is 0 Å². The molecule has 0 amide bonds. The first kappa shape index (κ1) is 12.8. The topological polar surface area (TPSA) is 37.2 Å². The van der Waals surface area contributed by atoms with E-state index in [0.717, 1.165) is 45.0 Å². The smallest absolute Gasteiger partial charge is 0.100 e. The summed E-state index contributed by atoms with van der Waals surface area (Å²) in [6.45, 7) is 8.43. The molecule has 1 saturated heterocycles. The second-order valence-corrected chi connectivity index (χ2v) is 5.32. The van der Waals surface area contributed by atoms with Gasteiger partial charge < -0.3 is 4.90 Å². The Morgan fingerprint density at radius 1 is 1.29 bits per heavy atom. The highest BCUT2D eigenvalue weighted by molar-refractivity contribution is 6.20. The van der Waals surface area contributed by atoms with E-state index in [0.29, 0.717) is 0 Å². The third-order valence-corrected chi connectivity index (χ3v) is 3.43. The molecule has 1 aromatic heterocycles. The Morgan fingerprint density at radius 3 is 2.59 bits per heavy atom. The highest BCUT2D eigenvalue weighted by atomic mass is 35.5. The molecular weight excluding hydrogens is 238 g/mol. The normalized spacial score (nSPS) is 20.6. The van der Waals surface area contributed by atoms with Crippen LogP contribution in [0.2, 0.25) is 0 Å². The van der Waals surface area contributed by atoms with Gasteiger partial charge in [0.15, 0.2) is 0 Å². The number of piperazine rings is 1. The minimum absolute atomic E-state index is 0.0626. The molecule has 1 aromatic rings. The summed E-state index contributed by atoms with van der Waals surface area (Å²) < 4.78 is 1.88. The van der Waals surface area contributed by atoms with E-state index >= 15 is 0 Å². The fourth-order valence-electron chi connectivity index (χ4n) is 1.92.